The Kier molecular flexibility index (Phi) is 15.6. The number of hydrogen-bond donors (Lipinski definition) is 0. The van der Waals surface area contributed by atoms with Crippen LogP contribution in [-0.4, -0.2) is 21.2 Å². The Labute approximate surface area is 685 Å². The van der Waals surface area contributed by atoms with Crippen molar-refractivity contribution >= 4 is 79.0 Å². The van der Waals surface area contributed by atoms with Crippen molar-refractivity contribution in [1.29, 1.82) is 0 Å². The standard InChI is InChI=1S/C108H98BN5/c1-104(2,3)79-55-76(56-80(63-79)105(4,5)6)75-49-52-90-97(60-75)114(102-88(71-39-25-18-26-40-71)65-83(108(13,14)15)66-89(102)93-68-92(72-41-27-19-28-42-72)110-103(111-93)73-43-29-20-30-44-73)100-62-78(77-57-81(106(7,8)9)64-82(58-77)107(10,11)12)61-99-101(100)109(90)91-53-51-84(112-94-47-33-31-45-85(94)86-46-32-34-48-95(86)112)67-98(91)113(99)96-54-50-74(69-35-21-16-22-36-69)59-87(96)70-37-23-17-24-38-70/h16-68H,1-15H3/i31D,32D,33D,34D,45D,46D,47D,48D. The number of para-hydroxylation sites is 2. The Hall–Kier alpha value is -12.4. The topological polar surface area (TPSA) is 37.2 Å². The van der Waals surface area contributed by atoms with Crippen LogP contribution >= 0.6 is 0 Å². The minimum atomic E-state index is -0.561. The molecule has 18 rings (SSSR count). The summed E-state index contributed by atoms with van der Waals surface area (Å²) in [5.74, 6) is 0.582. The largest absolute Gasteiger partial charge is 0.311 e. The van der Waals surface area contributed by atoms with Crippen molar-refractivity contribution in [2.24, 2.45) is 0 Å². The van der Waals surface area contributed by atoms with Gasteiger partial charge in [-0.25, -0.2) is 9.97 Å². The zero-order valence-electron chi connectivity index (χ0n) is 75.8. The SMILES string of the molecule is [2H]c1c([2H])c([2H])c2c(c1[2H])c1c([2H])c([2H])c([2H])c([2H])c1n2-c1ccc2c(c1)N(c1ccc(-c3ccccc3)cc1-c1ccccc1)c1cc(-c3cc(C(C)(C)C)cc(C(C)(C)C)c3)cc3c1B2c1ccc(-c2cc(C(C)(C)C)cc(C(C)(C)C)c2)cc1N3c1c(-c2ccccc2)cc(C(C)(C)C)cc1-c1cc(-c2ccccc2)nc(-c2ccccc2)n1. The summed E-state index contributed by atoms with van der Waals surface area (Å²) >= 11 is 0. The highest BCUT2D eigenvalue weighted by molar-refractivity contribution is 7.00. The quantitative estimate of drug-likeness (QED) is 0.121. The lowest BCUT2D eigenvalue weighted by Gasteiger charge is -2.46. The van der Waals surface area contributed by atoms with Gasteiger partial charge >= 0.3 is 0 Å². The smallest absolute Gasteiger partial charge is 0.252 e. The highest BCUT2D eigenvalue weighted by atomic mass is 15.2. The number of aromatic nitrogens is 3. The molecule has 0 unspecified atom stereocenters. The van der Waals surface area contributed by atoms with Gasteiger partial charge in [-0.15, -0.1) is 0 Å². The van der Waals surface area contributed by atoms with Gasteiger partial charge in [0.1, 0.15) is 0 Å². The lowest BCUT2D eigenvalue weighted by molar-refractivity contribution is 0.568. The van der Waals surface area contributed by atoms with E-state index in [1.54, 1.807) is 4.57 Å². The van der Waals surface area contributed by atoms with E-state index in [1.165, 1.54) is 22.3 Å². The average Bonchev–Trinajstić information content (AvgIpc) is 1.06. The monoisotopic (exact) mass is 1480 g/mol. The predicted molar refractivity (Wildman–Crippen MR) is 487 cm³/mol. The molecule has 0 saturated heterocycles. The fourth-order valence-corrected chi connectivity index (χ4v) is 16.8. The van der Waals surface area contributed by atoms with E-state index >= 15 is 0 Å². The molecule has 2 aliphatic rings. The van der Waals surface area contributed by atoms with Crippen LogP contribution in [0, 0.1) is 0 Å². The minimum absolute atomic E-state index is 0.00117. The van der Waals surface area contributed by atoms with Crippen molar-refractivity contribution in [3.8, 4) is 95.2 Å². The molecule has 114 heavy (non-hydrogen) atoms. The molecule has 0 atom stereocenters. The van der Waals surface area contributed by atoms with Crippen LogP contribution in [0.1, 0.15) is 143 Å². The highest BCUT2D eigenvalue weighted by Crippen LogP contribution is 2.55. The number of fused-ring (bicyclic) bond motifs is 7. The second-order valence-electron chi connectivity index (χ2n) is 36.1. The van der Waals surface area contributed by atoms with Gasteiger partial charge in [0.2, 0.25) is 0 Å². The molecule has 0 N–H and O–H groups in total. The Balaban J connectivity index is 1.07. The van der Waals surface area contributed by atoms with Gasteiger partial charge in [0.05, 0.1) is 44.8 Å². The van der Waals surface area contributed by atoms with E-state index in [0.717, 1.165) is 140 Å². The Bertz CT molecular complexity index is 6730. The van der Waals surface area contributed by atoms with Gasteiger partial charge in [-0.05, 0) is 189 Å². The summed E-state index contributed by atoms with van der Waals surface area (Å²) in [6, 6.07) is 95.3. The van der Waals surface area contributed by atoms with Crippen LogP contribution in [0.4, 0.5) is 34.1 Å². The second-order valence-corrected chi connectivity index (χ2v) is 36.1. The molecule has 5 nitrogen and oxygen atoms in total. The molecule has 4 heterocycles. The molecule has 0 bridgehead atoms. The van der Waals surface area contributed by atoms with Crippen molar-refractivity contribution in [3.05, 3.63) is 349 Å². The summed E-state index contributed by atoms with van der Waals surface area (Å²) in [4.78, 5) is 16.4. The molecular weight excluding hydrogens is 1380 g/mol. The minimum Gasteiger partial charge on any atom is -0.311 e. The third-order valence-corrected chi connectivity index (χ3v) is 23.2. The number of rotatable bonds is 11. The highest BCUT2D eigenvalue weighted by Gasteiger charge is 2.46. The van der Waals surface area contributed by atoms with Crippen LogP contribution in [0.2, 0.25) is 0 Å². The van der Waals surface area contributed by atoms with Crippen LogP contribution in [0.15, 0.2) is 321 Å². The van der Waals surface area contributed by atoms with Gasteiger partial charge in [-0.3, -0.25) is 0 Å². The van der Waals surface area contributed by atoms with Gasteiger partial charge < -0.3 is 14.4 Å². The third-order valence-electron chi connectivity index (χ3n) is 23.2. The summed E-state index contributed by atoms with van der Waals surface area (Å²) in [6.07, 6.45) is 0. The molecule has 2 aromatic heterocycles. The summed E-state index contributed by atoms with van der Waals surface area (Å²) in [5.41, 5.74) is 27.3. The summed E-state index contributed by atoms with van der Waals surface area (Å²) in [6.45, 7) is 33.8. The van der Waals surface area contributed by atoms with E-state index in [2.05, 4.69) is 344 Å². The Morgan fingerprint density at radius 1 is 0.281 bits per heavy atom. The van der Waals surface area contributed by atoms with Crippen molar-refractivity contribution in [2.75, 3.05) is 9.80 Å². The molecule has 0 amide bonds. The van der Waals surface area contributed by atoms with Crippen molar-refractivity contribution in [3.63, 3.8) is 0 Å². The summed E-state index contributed by atoms with van der Waals surface area (Å²) in [5, 5.41) is 0.00234. The van der Waals surface area contributed by atoms with Crippen molar-refractivity contribution in [1.82, 2.24) is 14.5 Å². The van der Waals surface area contributed by atoms with E-state index in [9.17, 15) is 8.22 Å². The molecule has 0 fully saturated rings. The number of hydrogen-bond acceptors (Lipinski definition) is 4. The van der Waals surface area contributed by atoms with E-state index in [0.29, 0.717) is 11.5 Å². The molecule has 6 heteroatoms. The van der Waals surface area contributed by atoms with Gasteiger partial charge in [-0.2, -0.15) is 0 Å². The Morgan fingerprint density at radius 3 is 1.20 bits per heavy atom. The fourth-order valence-electron chi connectivity index (χ4n) is 16.8. The van der Waals surface area contributed by atoms with E-state index in [-0.39, 0.29) is 55.6 Å². The van der Waals surface area contributed by atoms with E-state index < -0.39 is 48.4 Å². The van der Waals surface area contributed by atoms with Gasteiger partial charge in [0, 0.05) is 67.0 Å². The maximum absolute atomic E-state index is 9.94. The molecule has 2 aliphatic heterocycles. The summed E-state index contributed by atoms with van der Waals surface area (Å²) < 4.78 is 77.9. The number of nitrogens with zero attached hydrogens (tertiary/aromatic N) is 5. The first kappa shape index (κ1) is 64.2. The third kappa shape index (κ3) is 13.2. The first-order valence-corrected chi connectivity index (χ1v) is 39.9. The van der Waals surface area contributed by atoms with Crippen LogP contribution in [0.25, 0.3) is 117 Å². The second kappa shape index (κ2) is 27.8. The van der Waals surface area contributed by atoms with Crippen LogP contribution in [0.3, 0.4) is 0 Å². The van der Waals surface area contributed by atoms with E-state index in [4.69, 9.17) is 12.7 Å². The predicted octanol–water partition coefficient (Wildman–Crippen LogP) is 27.5. The zero-order chi connectivity index (χ0) is 85.9. The lowest BCUT2D eigenvalue weighted by atomic mass is 9.33. The molecule has 558 valence electrons. The molecule has 14 aromatic carbocycles. The van der Waals surface area contributed by atoms with Crippen LogP contribution in [-0.2, 0) is 27.1 Å². The van der Waals surface area contributed by atoms with E-state index in [1.807, 2.05) is 42.5 Å². The normalized spacial score (nSPS) is 14.0. The maximum atomic E-state index is 9.94. The Morgan fingerprint density at radius 2 is 0.675 bits per heavy atom. The lowest BCUT2D eigenvalue weighted by Crippen LogP contribution is -2.61. The molecular formula is C108H98BN5. The van der Waals surface area contributed by atoms with Gasteiger partial charge in [-0.1, -0.05) is 352 Å². The average molecular weight is 1480 g/mol. The summed E-state index contributed by atoms with van der Waals surface area (Å²) in [7, 11) is 0. The molecule has 0 radical (unpaired) electrons. The van der Waals surface area contributed by atoms with Crippen LogP contribution < -0.4 is 26.2 Å². The first-order chi connectivity index (χ1) is 58.0. The van der Waals surface area contributed by atoms with Gasteiger partial charge in [0.15, 0.2) is 5.82 Å². The fraction of sp³-hybridized carbons (Fsp3) is 0.185. The van der Waals surface area contributed by atoms with Gasteiger partial charge in [0.25, 0.3) is 6.71 Å². The first-order valence-electron chi connectivity index (χ1n) is 43.9. The van der Waals surface area contributed by atoms with Crippen molar-refractivity contribution < 1.29 is 11.0 Å². The number of benzene rings is 14. The maximum Gasteiger partial charge on any atom is 0.252 e. The van der Waals surface area contributed by atoms with Crippen molar-refractivity contribution in [2.45, 2.75) is 131 Å². The van der Waals surface area contributed by atoms with Crippen LogP contribution in [0.5, 0.6) is 0 Å². The molecule has 0 aliphatic carbocycles. The molecule has 0 saturated carbocycles. The number of anilines is 6. The zero-order valence-corrected chi connectivity index (χ0v) is 67.8. The molecule has 16 aromatic rings. The molecule has 0 spiro atoms.